The molecule has 0 bridgehead atoms. The van der Waals surface area contributed by atoms with Gasteiger partial charge < -0.3 is 0 Å². The molecule has 0 amide bonds. The lowest BCUT2D eigenvalue weighted by Crippen LogP contribution is -2.49. The number of hydrogen-bond acceptors (Lipinski definition) is 1. The molecule has 2 aliphatic rings. The van der Waals surface area contributed by atoms with Crippen molar-refractivity contribution in [3.63, 3.8) is 0 Å². The van der Waals surface area contributed by atoms with Crippen LogP contribution < -0.4 is 0 Å². The number of nitrogens with zero attached hydrogens (tertiary/aromatic N) is 1. The average molecular weight is 350 g/mol. The smallest absolute Gasteiger partial charge is 0.0621 e. The van der Waals surface area contributed by atoms with Crippen LogP contribution in [-0.4, -0.2) is 0 Å². The van der Waals surface area contributed by atoms with E-state index >= 15 is 0 Å². The van der Waals surface area contributed by atoms with Crippen LogP contribution in [0.15, 0.2) is 29.8 Å². The molecule has 1 aromatic rings. The number of benzene rings is 1. The van der Waals surface area contributed by atoms with Gasteiger partial charge in [-0.05, 0) is 72.5 Å². The second-order valence-corrected chi connectivity index (χ2v) is 9.63. The molecule has 1 saturated carbocycles. The first-order valence-corrected chi connectivity index (χ1v) is 10.5. The lowest BCUT2D eigenvalue weighted by atomic mass is 9.48. The minimum atomic E-state index is 0.164. The van der Waals surface area contributed by atoms with Gasteiger partial charge >= 0.3 is 0 Å². The van der Waals surface area contributed by atoms with Gasteiger partial charge in [-0.2, -0.15) is 5.26 Å². The van der Waals surface area contributed by atoms with Crippen LogP contribution >= 0.6 is 0 Å². The van der Waals surface area contributed by atoms with Crippen molar-refractivity contribution in [1.82, 2.24) is 0 Å². The van der Waals surface area contributed by atoms with Crippen LogP contribution in [0, 0.1) is 22.7 Å². The molecule has 3 rings (SSSR count). The zero-order valence-electron chi connectivity index (χ0n) is 17.4. The Kier molecular flexibility index (Phi) is 5.34. The van der Waals surface area contributed by atoms with Crippen LogP contribution in [-0.2, 0) is 11.8 Å². The Balaban J connectivity index is 2.04. The summed E-state index contributed by atoms with van der Waals surface area (Å²) in [7, 11) is 0. The highest BCUT2D eigenvalue weighted by molar-refractivity contribution is 5.48. The number of unbranched alkanes of at least 4 members (excludes halogenated alkanes) is 2. The number of hydrogen-bond donors (Lipinski definition) is 0. The van der Waals surface area contributed by atoms with Crippen molar-refractivity contribution < 1.29 is 0 Å². The molecule has 140 valence electrons. The summed E-state index contributed by atoms with van der Waals surface area (Å²) in [5.74, 6) is 1.30. The summed E-state index contributed by atoms with van der Waals surface area (Å²) < 4.78 is 0. The van der Waals surface area contributed by atoms with Gasteiger partial charge in [-0.3, -0.25) is 0 Å². The maximum atomic E-state index is 8.84. The van der Waals surface area contributed by atoms with Gasteiger partial charge in [0.1, 0.15) is 0 Å². The van der Waals surface area contributed by atoms with Crippen molar-refractivity contribution in [1.29, 1.82) is 5.26 Å². The summed E-state index contributed by atoms with van der Waals surface area (Å²) in [6, 6.07) is 9.58. The van der Waals surface area contributed by atoms with Crippen LogP contribution in [0.1, 0.15) is 95.8 Å². The predicted molar refractivity (Wildman–Crippen MR) is 110 cm³/mol. The monoisotopic (exact) mass is 349 g/mol. The van der Waals surface area contributed by atoms with Crippen LogP contribution in [0.5, 0.6) is 0 Å². The quantitative estimate of drug-likeness (QED) is 0.421. The van der Waals surface area contributed by atoms with Crippen LogP contribution in [0.4, 0.5) is 0 Å². The van der Waals surface area contributed by atoms with Crippen molar-refractivity contribution in [2.24, 2.45) is 11.3 Å². The summed E-state index contributed by atoms with van der Waals surface area (Å²) in [6.45, 7) is 12.1. The number of nitriles is 1. The minimum absolute atomic E-state index is 0.164. The van der Waals surface area contributed by atoms with Crippen LogP contribution in [0.25, 0.3) is 0 Å². The second kappa shape index (κ2) is 7.22. The van der Waals surface area contributed by atoms with Gasteiger partial charge in [0.2, 0.25) is 0 Å². The van der Waals surface area contributed by atoms with Gasteiger partial charge in [0.05, 0.1) is 6.07 Å². The summed E-state index contributed by atoms with van der Waals surface area (Å²) in [4.78, 5) is 0. The molecule has 0 spiro atoms. The summed E-state index contributed by atoms with van der Waals surface area (Å²) >= 11 is 0. The molecule has 1 heteroatoms. The summed E-state index contributed by atoms with van der Waals surface area (Å²) in [5.41, 5.74) is 6.83. The largest absolute Gasteiger partial charge is 0.198 e. The molecule has 1 fully saturated rings. The van der Waals surface area contributed by atoms with Crippen molar-refractivity contribution in [2.75, 3.05) is 0 Å². The van der Waals surface area contributed by atoms with Gasteiger partial charge in [-0.15, -0.1) is 0 Å². The number of fused-ring (bicyclic) bond motifs is 3. The van der Waals surface area contributed by atoms with Gasteiger partial charge in [-0.25, -0.2) is 0 Å². The molecule has 1 unspecified atom stereocenters. The topological polar surface area (TPSA) is 23.8 Å². The molecular weight excluding hydrogens is 314 g/mol. The second-order valence-electron chi connectivity index (χ2n) is 9.63. The Hall–Kier alpha value is -1.55. The Labute approximate surface area is 160 Å². The zero-order valence-corrected chi connectivity index (χ0v) is 17.4. The fourth-order valence-corrected chi connectivity index (χ4v) is 5.69. The highest BCUT2D eigenvalue weighted by Crippen LogP contribution is 2.59. The normalized spacial score (nSPS) is 28.5. The molecule has 0 aliphatic heterocycles. The molecule has 2 atom stereocenters. The molecule has 1 aromatic carbocycles. The molecule has 0 aromatic heterocycles. The molecule has 0 radical (unpaired) electrons. The van der Waals surface area contributed by atoms with E-state index in [2.05, 4.69) is 65.0 Å². The minimum Gasteiger partial charge on any atom is -0.198 e. The zero-order chi connectivity index (χ0) is 18.9. The third-order valence-electron chi connectivity index (χ3n) is 7.29. The first-order valence-electron chi connectivity index (χ1n) is 10.5. The third-order valence-corrected chi connectivity index (χ3v) is 7.29. The van der Waals surface area contributed by atoms with Gasteiger partial charge in [0.15, 0.2) is 0 Å². The predicted octanol–water partition coefficient (Wildman–Crippen LogP) is 7.07. The number of allylic oxidation sites excluding steroid dienone is 2. The van der Waals surface area contributed by atoms with Crippen molar-refractivity contribution in [2.45, 2.75) is 90.9 Å². The van der Waals surface area contributed by atoms with E-state index < -0.39 is 0 Å². The van der Waals surface area contributed by atoms with E-state index in [0.717, 1.165) is 12.8 Å². The maximum absolute atomic E-state index is 8.84. The SMILES string of the molecule is CC(C)c1ccc2c(c1)CCC1C(C)(C)CCC(=CCCCC#N)[C@]21C. The van der Waals surface area contributed by atoms with Crippen molar-refractivity contribution in [3.8, 4) is 6.07 Å². The molecule has 0 saturated heterocycles. The lowest BCUT2D eigenvalue weighted by molar-refractivity contribution is 0.0778. The number of aryl methyl sites for hydroxylation is 1. The fraction of sp³-hybridized carbons (Fsp3) is 0.640. The van der Waals surface area contributed by atoms with E-state index in [-0.39, 0.29) is 5.41 Å². The Morgan fingerprint density at radius 1 is 1.23 bits per heavy atom. The first kappa shape index (κ1) is 19.2. The Bertz CT molecular complexity index is 731. The van der Waals surface area contributed by atoms with Gasteiger partial charge in [-0.1, -0.05) is 64.5 Å². The molecule has 1 nitrogen and oxygen atoms in total. The molecular formula is C25H35N. The van der Waals surface area contributed by atoms with E-state index in [1.807, 2.05) is 0 Å². The van der Waals surface area contributed by atoms with E-state index in [4.69, 9.17) is 5.26 Å². The highest BCUT2D eigenvalue weighted by Gasteiger charge is 2.51. The van der Waals surface area contributed by atoms with Crippen LogP contribution in [0.3, 0.4) is 0 Å². The molecule has 26 heavy (non-hydrogen) atoms. The van der Waals surface area contributed by atoms with Gasteiger partial charge in [0, 0.05) is 11.8 Å². The summed E-state index contributed by atoms with van der Waals surface area (Å²) in [5, 5.41) is 8.84. The van der Waals surface area contributed by atoms with Crippen molar-refractivity contribution in [3.05, 3.63) is 46.5 Å². The Morgan fingerprint density at radius 2 is 2.00 bits per heavy atom. The third kappa shape index (κ3) is 3.24. The Morgan fingerprint density at radius 3 is 2.69 bits per heavy atom. The van der Waals surface area contributed by atoms with Crippen molar-refractivity contribution >= 4 is 0 Å². The van der Waals surface area contributed by atoms with Crippen LogP contribution in [0.2, 0.25) is 0 Å². The highest BCUT2D eigenvalue weighted by atomic mass is 14.6. The lowest BCUT2D eigenvalue weighted by Gasteiger charge is -2.56. The van der Waals surface area contributed by atoms with E-state index in [9.17, 15) is 0 Å². The van der Waals surface area contributed by atoms with E-state index in [0.29, 0.717) is 23.7 Å². The summed E-state index contributed by atoms with van der Waals surface area (Å²) in [6.07, 6.45) is 10.2. The first-order chi connectivity index (χ1) is 12.3. The average Bonchev–Trinajstić information content (AvgIpc) is 2.59. The fourth-order valence-electron chi connectivity index (χ4n) is 5.69. The maximum Gasteiger partial charge on any atom is 0.0621 e. The van der Waals surface area contributed by atoms with E-state index in [1.54, 1.807) is 16.7 Å². The number of rotatable bonds is 4. The molecule has 0 heterocycles. The standard InChI is InChI=1S/C25H35N/c1-18(2)19-10-12-22-20(17-19)11-13-23-24(3,4)15-14-21(25(22,23)5)9-7-6-8-16-26/h9-10,12,17-18,23H,6-8,11,13-15H2,1-5H3/t23?,25-/m1/s1. The van der Waals surface area contributed by atoms with Gasteiger partial charge in [0.25, 0.3) is 0 Å². The van der Waals surface area contributed by atoms with E-state index in [1.165, 1.54) is 31.2 Å². The molecule has 2 aliphatic carbocycles. The molecule has 0 N–H and O–H groups in total.